The highest BCUT2D eigenvalue weighted by atomic mass is 16.5. The Morgan fingerprint density at radius 1 is 1.47 bits per heavy atom. The summed E-state index contributed by atoms with van der Waals surface area (Å²) in [5.74, 6) is 0.169. The van der Waals surface area contributed by atoms with E-state index in [9.17, 15) is 4.79 Å². The van der Waals surface area contributed by atoms with Crippen LogP contribution in [-0.4, -0.2) is 20.2 Å². The van der Waals surface area contributed by atoms with Crippen LogP contribution < -0.4 is 4.74 Å². The third-order valence-corrected chi connectivity index (χ3v) is 2.07. The Hall–Kier alpha value is -1.77. The van der Waals surface area contributed by atoms with E-state index >= 15 is 0 Å². The molecule has 0 saturated carbocycles. The molecule has 0 aliphatic heterocycles. The van der Waals surface area contributed by atoms with E-state index < -0.39 is 5.97 Å². The average Bonchev–Trinajstić information content (AvgIpc) is 2.28. The number of methoxy groups -OCH3 is 2. The van der Waals surface area contributed by atoms with Crippen LogP contribution in [0.25, 0.3) is 0 Å². The molecule has 0 saturated heterocycles. The van der Waals surface area contributed by atoms with E-state index in [0.717, 1.165) is 5.56 Å². The van der Waals surface area contributed by atoms with Gasteiger partial charge in [0.15, 0.2) is 0 Å². The molecule has 0 aliphatic rings. The molecule has 0 N–H and O–H groups in total. The first-order chi connectivity index (χ1) is 7.24. The first-order valence-electron chi connectivity index (χ1n) is 4.59. The van der Waals surface area contributed by atoms with Crippen LogP contribution in [0.1, 0.15) is 15.9 Å². The summed E-state index contributed by atoms with van der Waals surface area (Å²) in [7, 11) is 2.89. The summed E-state index contributed by atoms with van der Waals surface area (Å²) in [6.45, 7) is 3.65. The Morgan fingerprint density at radius 3 is 2.73 bits per heavy atom. The number of para-hydroxylation sites is 1. The van der Waals surface area contributed by atoms with E-state index in [1.54, 1.807) is 18.2 Å². The topological polar surface area (TPSA) is 35.5 Å². The molecule has 3 nitrogen and oxygen atoms in total. The van der Waals surface area contributed by atoms with Crippen molar-refractivity contribution in [3.8, 4) is 5.75 Å². The maximum absolute atomic E-state index is 11.4. The molecule has 80 valence electrons. The van der Waals surface area contributed by atoms with Gasteiger partial charge in [-0.2, -0.15) is 0 Å². The fourth-order valence-corrected chi connectivity index (χ4v) is 1.41. The van der Waals surface area contributed by atoms with Crippen molar-refractivity contribution in [2.24, 2.45) is 0 Å². The quantitative estimate of drug-likeness (QED) is 0.559. The molecule has 1 rings (SSSR count). The second-order valence-corrected chi connectivity index (χ2v) is 2.98. The van der Waals surface area contributed by atoms with Gasteiger partial charge in [-0.3, -0.25) is 0 Å². The van der Waals surface area contributed by atoms with E-state index in [4.69, 9.17) is 4.74 Å². The molecular weight excluding hydrogens is 192 g/mol. The van der Waals surface area contributed by atoms with Crippen LogP contribution in [0.2, 0.25) is 0 Å². The van der Waals surface area contributed by atoms with Gasteiger partial charge in [0, 0.05) is 0 Å². The highest BCUT2D eigenvalue weighted by molar-refractivity contribution is 5.93. The molecule has 0 amide bonds. The second kappa shape index (κ2) is 5.20. The molecule has 0 unspecified atom stereocenters. The van der Waals surface area contributed by atoms with Gasteiger partial charge in [0.05, 0.1) is 14.2 Å². The lowest BCUT2D eigenvalue weighted by Gasteiger charge is -2.10. The zero-order valence-electron chi connectivity index (χ0n) is 8.95. The van der Waals surface area contributed by atoms with Crippen molar-refractivity contribution in [3.05, 3.63) is 42.0 Å². The number of hydrogen-bond acceptors (Lipinski definition) is 3. The molecule has 0 heterocycles. The largest absolute Gasteiger partial charge is 0.496 e. The van der Waals surface area contributed by atoms with E-state index in [1.165, 1.54) is 14.2 Å². The Bertz CT molecular complexity index is 369. The van der Waals surface area contributed by atoms with Crippen molar-refractivity contribution in [2.45, 2.75) is 6.42 Å². The smallest absolute Gasteiger partial charge is 0.341 e. The number of benzene rings is 1. The van der Waals surface area contributed by atoms with Gasteiger partial charge >= 0.3 is 5.97 Å². The molecule has 1 aromatic carbocycles. The summed E-state index contributed by atoms with van der Waals surface area (Å²) in [5, 5.41) is 0. The van der Waals surface area contributed by atoms with Gasteiger partial charge in [-0.05, 0) is 18.1 Å². The highest BCUT2D eigenvalue weighted by Gasteiger charge is 2.14. The summed E-state index contributed by atoms with van der Waals surface area (Å²) >= 11 is 0. The SMILES string of the molecule is C=CCc1cccc(C(=O)OC)c1OC. The number of carbonyl (C=O) groups is 1. The summed E-state index contributed by atoms with van der Waals surface area (Å²) in [6, 6.07) is 5.37. The lowest BCUT2D eigenvalue weighted by Crippen LogP contribution is -2.05. The van der Waals surface area contributed by atoms with E-state index in [1.807, 2.05) is 6.07 Å². The molecule has 0 fully saturated rings. The molecule has 0 atom stereocenters. The maximum Gasteiger partial charge on any atom is 0.341 e. The minimum atomic E-state index is -0.391. The molecule has 3 heteroatoms. The van der Waals surface area contributed by atoms with E-state index in [2.05, 4.69) is 11.3 Å². The van der Waals surface area contributed by atoms with Crippen molar-refractivity contribution < 1.29 is 14.3 Å². The van der Waals surface area contributed by atoms with E-state index in [0.29, 0.717) is 17.7 Å². The van der Waals surface area contributed by atoms with Crippen molar-refractivity contribution in [2.75, 3.05) is 14.2 Å². The molecule has 0 aliphatic carbocycles. The third-order valence-electron chi connectivity index (χ3n) is 2.07. The number of carbonyl (C=O) groups excluding carboxylic acids is 1. The molecule has 0 aromatic heterocycles. The van der Waals surface area contributed by atoms with Gasteiger partial charge < -0.3 is 9.47 Å². The van der Waals surface area contributed by atoms with Crippen LogP contribution in [0.4, 0.5) is 0 Å². The maximum atomic E-state index is 11.4. The molecular formula is C12H14O3. The predicted molar refractivity (Wildman–Crippen MR) is 58.2 cm³/mol. The number of allylic oxidation sites excluding steroid dienone is 1. The lowest BCUT2D eigenvalue weighted by molar-refractivity contribution is 0.0597. The van der Waals surface area contributed by atoms with Crippen LogP contribution in [0.5, 0.6) is 5.75 Å². The van der Waals surface area contributed by atoms with E-state index in [-0.39, 0.29) is 0 Å². The minimum Gasteiger partial charge on any atom is -0.496 e. The number of ether oxygens (including phenoxy) is 2. The number of esters is 1. The van der Waals surface area contributed by atoms with Gasteiger partial charge in [-0.1, -0.05) is 18.2 Å². The minimum absolute atomic E-state index is 0.391. The van der Waals surface area contributed by atoms with Crippen molar-refractivity contribution in [1.29, 1.82) is 0 Å². The summed E-state index contributed by atoms with van der Waals surface area (Å²) < 4.78 is 9.87. The van der Waals surface area contributed by atoms with Crippen molar-refractivity contribution >= 4 is 5.97 Å². The summed E-state index contributed by atoms with van der Waals surface area (Å²) in [5.41, 5.74) is 1.37. The Balaban J connectivity index is 3.21. The first kappa shape index (κ1) is 11.3. The van der Waals surface area contributed by atoms with Crippen LogP contribution >= 0.6 is 0 Å². The van der Waals surface area contributed by atoms with Crippen molar-refractivity contribution in [3.63, 3.8) is 0 Å². The van der Waals surface area contributed by atoms with Gasteiger partial charge in [-0.15, -0.1) is 6.58 Å². The zero-order chi connectivity index (χ0) is 11.3. The highest BCUT2D eigenvalue weighted by Crippen LogP contribution is 2.25. The Labute approximate surface area is 89.3 Å². The molecule has 0 spiro atoms. The number of hydrogen-bond donors (Lipinski definition) is 0. The summed E-state index contributed by atoms with van der Waals surface area (Å²) in [4.78, 5) is 11.4. The van der Waals surface area contributed by atoms with Crippen molar-refractivity contribution in [1.82, 2.24) is 0 Å². The molecule has 15 heavy (non-hydrogen) atoms. The van der Waals surface area contributed by atoms with Crippen LogP contribution in [0.15, 0.2) is 30.9 Å². The Kier molecular flexibility index (Phi) is 3.92. The predicted octanol–water partition coefficient (Wildman–Crippen LogP) is 2.21. The molecule has 0 radical (unpaired) electrons. The first-order valence-corrected chi connectivity index (χ1v) is 4.59. The van der Waals surface area contributed by atoms with Gasteiger partial charge in [0.2, 0.25) is 0 Å². The third kappa shape index (κ3) is 2.37. The molecule has 1 aromatic rings. The van der Waals surface area contributed by atoms with Crippen LogP contribution in [0.3, 0.4) is 0 Å². The average molecular weight is 206 g/mol. The fourth-order valence-electron chi connectivity index (χ4n) is 1.41. The van der Waals surface area contributed by atoms with Gasteiger partial charge in [-0.25, -0.2) is 4.79 Å². The standard InChI is InChI=1S/C12H14O3/c1-4-6-9-7-5-8-10(11(9)14-2)12(13)15-3/h4-5,7-8H,1,6H2,2-3H3. The van der Waals surface area contributed by atoms with Gasteiger partial charge in [0.25, 0.3) is 0 Å². The van der Waals surface area contributed by atoms with Gasteiger partial charge in [0.1, 0.15) is 11.3 Å². The number of rotatable bonds is 4. The van der Waals surface area contributed by atoms with Crippen LogP contribution in [0, 0.1) is 0 Å². The Morgan fingerprint density at radius 2 is 2.20 bits per heavy atom. The fraction of sp³-hybridized carbons (Fsp3) is 0.250. The second-order valence-electron chi connectivity index (χ2n) is 2.98. The normalized spacial score (nSPS) is 9.47. The summed E-state index contributed by atoms with van der Waals surface area (Å²) in [6.07, 6.45) is 2.42. The monoisotopic (exact) mass is 206 g/mol. The molecule has 0 bridgehead atoms. The zero-order valence-corrected chi connectivity index (χ0v) is 8.95. The van der Waals surface area contributed by atoms with Crippen LogP contribution in [-0.2, 0) is 11.2 Å². The lowest BCUT2D eigenvalue weighted by atomic mass is 10.1.